The third-order valence-corrected chi connectivity index (χ3v) is 2.29. The minimum Gasteiger partial charge on any atom is -0.478 e. The lowest BCUT2D eigenvalue weighted by molar-refractivity contribution is 0.0697. The van der Waals surface area contributed by atoms with E-state index in [-0.39, 0.29) is 18.7 Å². The molecule has 17 heavy (non-hydrogen) atoms. The first-order valence-corrected chi connectivity index (χ1v) is 4.99. The van der Waals surface area contributed by atoms with Crippen LogP contribution in [-0.4, -0.2) is 24.2 Å². The number of carbonyl (C=O) groups is 1. The minimum absolute atomic E-state index is 0.0250. The zero-order chi connectivity index (χ0) is 12.8. The number of nitrogens with zero attached hydrogens (tertiary/aromatic N) is 3. The molecule has 0 unspecified atom stereocenters. The van der Waals surface area contributed by atoms with E-state index in [0.29, 0.717) is 10.7 Å². The van der Waals surface area contributed by atoms with Crippen molar-refractivity contribution < 1.29 is 9.90 Å². The van der Waals surface area contributed by atoms with E-state index in [4.69, 9.17) is 27.2 Å². The quantitative estimate of drug-likeness (QED) is 0.823. The van der Waals surface area contributed by atoms with E-state index in [1.807, 2.05) is 12.1 Å². The SMILES string of the molecule is N#CCN(CC#N)c1ccc(Cl)cc1C(=O)O. The molecule has 0 aromatic heterocycles. The highest BCUT2D eigenvalue weighted by Crippen LogP contribution is 2.24. The molecule has 0 fully saturated rings. The molecule has 0 amide bonds. The highest BCUT2D eigenvalue weighted by atomic mass is 35.5. The number of nitriles is 2. The summed E-state index contributed by atoms with van der Waals surface area (Å²) in [4.78, 5) is 12.4. The molecular formula is C11H8ClN3O2. The molecule has 0 bridgehead atoms. The van der Waals surface area contributed by atoms with E-state index in [9.17, 15) is 4.79 Å². The molecule has 86 valence electrons. The van der Waals surface area contributed by atoms with Gasteiger partial charge in [0.2, 0.25) is 0 Å². The van der Waals surface area contributed by atoms with Crippen molar-refractivity contribution in [3.8, 4) is 12.1 Å². The number of carboxylic acid groups (broad SMARTS) is 1. The van der Waals surface area contributed by atoms with Crippen molar-refractivity contribution in [2.24, 2.45) is 0 Å². The van der Waals surface area contributed by atoms with Crippen LogP contribution >= 0.6 is 11.6 Å². The topological polar surface area (TPSA) is 88.1 Å². The van der Waals surface area contributed by atoms with Crippen molar-refractivity contribution in [1.29, 1.82) is 10.5 Å². The summed E-state index contributed by atoms with van der Waals surface area (Å²) >= 11 is 5.71. The Kier molecular flexibility index (Phi) is 4.33. The third kappa shape index (κ3) is 3.10. The van der Waals surface area contributed by atoms with Crippen LogP contribution in [0.15, 0.2) is 18.2 Å². The molecule has 1 N–H and O–H groups in total. The van der Waals surface area contributed by atoms with E-state index in [2.05, 4.69) is 0 Å². The average Bonchev–Trinajstić information content (AvgIpc) is 2.28. The number of carboxylic acids is 1. The van der Waals surface area contributed by atoms with Gasteiger partial charge in [0.1, 0.15) is 13.1 Å². The summed E-state index contributed by atoms with van der Waals surface area (Å²) in [5, 5.41) is 26.6. The monoisotopic (exact) mass is 249 g/mol. The summed E-state index contributed by atoms with van der Waals surface area (Å²) in [5.74, 6) is -1.15. The van der Waals surface area contributed by atoms with Crippen molar-refractivity contribution in [1.82, 2.24) is 0 Å². The molecule has 0 aliphatic heterocycles. The second-order valence-corrected chi connectivity index (χ2v) is 3.58. The molecule has 0 aliphatic carbocycles. The Morgan fingerprint density at radius 3 is 2.41 bits per heavy atom. The molecule has 5 nitrogen and oxygen atoms in total. The lowest BCUT2D eigenvalue weighted by atomic mass is 10.1. The van der Waals surface area contributed by atoms with E-state index in [1.54, 1.807) is 0 Å². The molecule has 0 atom stereocenters. The second-order valence-electron chi connectivity index (χ2n) is 3.14. The highest BCUT2D eigenvalue weighted by Gasteiger charge is 2.16. The largest absolute Gasteiger partial charge is 0.478 e. The third-order valence-electron chi connectivity index (χ3n) is 2.05. The molecule has 1 aromatic rings. The Morgan fingerprint density at radius 2 is 1.94 bits per heavy atom. The van der Waals surface area contributed by atoms with Crippen LogP contribution in [0, 0.1) is 22.7 Å². The molecule has 0 radical (unpaired) electrons. The van der Waals surface area contributed by atoms with Gasteiger partial charge in [0.15, 0.2) is 0 Å². The number of hydrogen-bond donors (Lipinski definition) is 1. The summed E-state index contributed by atoms with van der Waals surface area (Å²) in [6, 6.07) is 8.06. The van der Waals surface area contributed by atoms with Gasteiger partial charge < -0.3 is 10.0 Å². The van der Waals surface area contributed by atoms with Crippen LogP contribution in [0.3, 0.4) is 0 Å². The van der Waals surface area contributed by atoms with Gasteiger partial charge in [0.25, 0.3) is 0 Å². The number of rotatable bonds is 4. The van der Waals surface area contributed by atoms with E-state index < -0.39 is 5.97 Å². The first-order chi connectivity index (χ1) is 8.10. The van der Waals surface area contributed by atoms with Gasteiger partial charge in [0.05, 0.1) is 23.4 Å². The number of benzene rings is 1. The average molecular weight is 250 g/mol. The first kappa shape index (κ1) is 12.8. The lowest BCUT2D eigenvalue weighted by Crippen LogP contribution is -2.25. The summed E-state index contributed by atoms with van der Waals surface area (Å²) in [6.45, 7) is -0.120. The van der Waals surface area contributed by atoms with Gasteiger partial charge in [-0.2, -0.15) is 10.5 Å². The van der Waals surface area contributed by atoms with Gasteiger partial charge in [-0.1, -0.05) is 11.6 Å². The Morgan fingerprint density at radius 1 is 1.35 bits per heavy atom. The molecular weight excluding hydrogens is 242 g/mol. The maximum atomic E-state index is 11.0. The zero-order valence-corrected chi connectivity index (χ0v) is 9.48. The molecule has 0 heterocycles. The van der Waals surface area contributed by atoms with Gasteiger partial charge in [-0.15, -0.1) is 0 Å². The summed E-state index contributed by atoms with van der Waals surface area (Å²) in [5.41, 5.74) is 0.285. The predicted octanol–water partition coefficient (Wildman–Crippen LogP) is 1.89. The van der Waals surface area contributed by atoms with Gasteiger partial charge in [-0.3, -0.25) is 0 Å². The van der Waals surface area contributed by atoms with Gasteiger partial charge in [-0.25, -0.2) is 4.79 Å². The van der Waals surface area contributed by atoms with Crippen LogP contribution in [0.5, 0.6) is 0 Å². The van der Waals surface area contributed by atoms with Crippen LogP contribution in [0.2, 0.25) is 5.02 Å². The van der Waals surface area contributed by atoms with Crippen LogP contribution in [0.25, 0.3) is 0 Å². The lowest BCUT2D eigenvalue weighted by Gasteiger charge is -2.20. The Balaban J connectivity index is 3.23. The molecule has 0 aliphatic rings. The fraction of sp³-hybridized carbons (Fsp3) is 0.182. The fourth-order valence-electron chi connectivity index (χ4n) is 1.35. The number of aromatic carboxylic acids is 1. The van der Waals surface area contributed by atoms with E-state index in [0.717, 1.165) is 0 Å². The van der Waals surface area contributed by atoms with Gasteiger partial charge in [0, 0.05) is 5.02 Å². The summed E-state index contributed by atoms with van der Waals surface area (Å²) in [6.07, 6.45) is 0. The summed E-state index contributed by atoms with van der Waals surface area (Å²) in [7, 11) is 0. The molecule has 0 spiro atoms. The van der Waals surface area contributed by atoms with Crippen LogP contribution in [-0.2, 0) is 0 Å². The maximum Gasteiger partial charge on any atom is 0.337 e. The molecule has 1 rings (SSSR count). The predicted molar refractivity (Wildman–Crippen MR) is 61.9 cm³/mol. The van der Waals surface area contributed by atoms with Crippen LogP contribution in [0.4, 0.5) is 5.69 Å². The number of hydrogen-bond acceptors (Lipinski definition) is 4. The number of anilines is 1. The van der Waals surface area contributed by atoms with Crippen molar-refractivity contribution in [3.05, 3.63) is 28.8 Å². The smallest absolute Gasteiger partial charge is 0.337 e. The van der Waals surface area contributed by atoms with Crippen LogP contribution < -0.4 is 4.90 Å². The molecule has 0 saturated carbocycles. The molecule has 0 saturated heterocycles. The van der Waals surface area contributed by atoms with Crippen molar-refractivity contribution in [2.45, 2.75) is 0 Å². The Hall–Kier alpha value is -2.24. The standard InChI is InChI=1S/C11H8ClN3O2/c12-8-1-2-10(9(7-8)11(16)17)15(5-3-13)6-4-14/h1-2,7H,5-6H2,(H,16,17). The fourth-order valence-corrected chi connectivity index (χ4v) is 1.52. The maximum absolute atomic E-state index is 11.0. The molecule has 1 aromatic carbocycles. The van der Waals surface area contributed by atoms with Crippen molar-refractivity contribution >= 4 is 23.3 Å². The van der Waals surface area contributed by atoms with Gasteiger partial charge >= 0.3 is 5.97 Å². The zero-order valence-electron chi connectivity index (χ0n) is 8.72. The number of halogens is 1. The van der Waals surface area contributed by atoms with Crippen molar-refractivity contribution in [2.75, 3.05) is 18.0 Å². The Bertz CT molecular complexity index is 500. The first-order valence-electron chi connectivity index (χ1n) is 4.62. The van der Waals surface area contributed by atoms with Crippen LogP contribution in [0.1, 0.15) is 10.4 Å². The minimum atomic E-state index is -1.15. The van der Waals surface area contributed by atoms with Crippen molar-refractivity contribution in [3.63, 3.8) is 0 Å². The Labute approximate surface area is 103 Å². The van der Waals surface area contributed by atoms with Gasteiger partial charge in [-0.05, 0) is 18.2 Å². The normalized spacial score (nSPS) is 9.12. The van der Waals surface area contributed by atoms with E-state index in [1.165, 1.54) is 23.1 Å². The highest BCUT2D eigenvalue weighted by molar-refractivity contribution is 6.31. The second kappa shape index (κ2) is 5.74. The summed E-state index contributed by atoms with van der Waals surface area (Å²) < 4.78 is 0. The van der Waals surface area contributed by atoms with E-state index >= 15 is 0 Å². The molecule has 6 heteroatoms.